The number of carbonyl (C=O) groups excluding carboxylic acids is 1. The fourth-order valence-corrected chi connectivity index (χ4v) is 2.25. The molecular weight excluding hydrogens is 264 g/mol. The number of hydrogen-bond donors (Lipinski definition) is 1. The molecule has 1 rings (SSSR count). The summed E-state index contributed by atoms with van der Waals surface area (Å²) in [4.78, 5) is 12.3. The molecule has 1 atom stereocenters. The average molecular weight is 290 g/mol. The molecule has 0 aliphatic rings. The number of ether oxygens (including phenoxy) is 1. The summed E-state index contributed by atoms with van der Waals surface area (Å²) < 4.78 is 5.42. The van der Waals surface area contributed by atoms with Crippen LogP contribution in [0, 0.1) is 5.41 Å². The normalized spacial score (nSPS) is 13.5. The lowest BCUT2D eigenvalue weighted by atomic mass is 9.81. The van der Waals surface area contributed by atoms with Crippen LogP contribution < -0.4 is 0 Å². The predicted molar refractivity (Wildman–Crippen MR) is 85.7 cm³/mol. The van der Waals surface area contributed by atoms with Gasteiger partial charge in [0.25, 0.3) is 0 Å². The van der Waals surface area contributed by atoms with Gasteiger partial charge in [0.05, 0.1) is 12.0 Å². The highest BCUT2D eigenvalue weighted by Gasteiger charge is 2.37. The number of benzene rings is 1. The Labute approximate surface area is 127 Å². The third-order valence-corrected chi connectivity index (χ3v) is 4.01. The quantitative estimate of drug-likeness (QED) is 0.700. The monoisotopic (exact) mass is 290 g/mol. The van der Waals surface area contributed by atoms with Gasteiger partial charge in [0.1, 0.15) is 6.61 Å². The molecule has 0 spiro atoms. The summed E-state index contributed by atoms with van der Waals surface area (Å²) in [6, 6.07) is 7.71. The zero-order valence-electron chi connectivity index (χ0n) is 13.1. The molecule has 0 saturated carbocycles. The Hall–Kier alpha value is -1.61. The van der Waals surface area contributed by atoms with Gasteiger partial charge in [-0.25, -0.2) is 0 Å². The second-order valence-corrected chi connectivity index (χ2v) is 5.42. The van der Waals surface area contributed by atoms with Gasteiger partial charge in [-0.3, -0.25) is 4.79 Å². The standard InChI is InChI=1S/C18H26O3/c1-4-7-12-18(6-3,14-19)17(20)21-13-16-10-8-15(5-2)9-11-16/h5,8-11,19H,2,4,6-7,12-14H2,1,3H3. The molecule has 0 aromatic heterocycles. The third-order valence-electron chi connectivity index (χ3n) is 4.01. The summed E-state index contributed by atoms with van der Waals surface area (Å²) >= 11 is 0. The molecule has 0 aliphatic heterocycles. The van der Waals surface area contributed by atoms with Crippen molar-refractivity contribution in [2.75, 3.05) is 6.61 Å². The van der Waals surface area contributed by atoms with E-state index in [0.29, 0.717) is 12.8 Å². The fraction of sp³-hybridized carbons (Fsp3) is 0.500. The van der Waals surface area contributed by atoms with E-state index in [9.17, 15) is 9.90 Å². The van der Waals surface area contributed by atoms with Crippen LogP contribution in [0.2, 0.25) is 0 Å². The van der Waals surface area contributed by atoms with Crippen LogP contribution in [-0.2, 0) is 16.1 Å². The van der Waals surface area contributed by atoms with Crippen LogP contribution >= 0.6 is 0 Å². The molecule has 0 amide bonds. The highest BCUT2D eigenvalue weighted by Crippen LogP contribution is 2.30. The first-order valence-electron chi connectivity index (χ1n) is 7.61. The minimum absolute atomic E-state index is 0.155. The van der Waals surface area contributed by atoms with E-state index in [2.05, 4.69) is 13.5 Å². The Kier molecular flexibility index (Phi) is 7.17. The maximum atomic E-state index is 12.3. The first kappa shape index (κ1) is 17.4. The highest BCUT2D eigenvalue weighted by molar-refractivity contribution is 5.77. The van der Waals surface area contributed by atoms with Gasteiger partial charge >= 0.3 is 5.97 Å². The molecule has 21 heavy (non-hydrogen) atoms. The van der Waals surface area contributed by atoms with E-state index in [1.165, 1.54) is 0 Å². The van der Waals surface area contributed by atoms with Crippen LogP contribution in [0.15, 0.2) is 30.8 Å². The SMILES string of the molecule is C=Cc1ccc(COC(=O)C(CC)(CO)CCCC)cc1. The van der Waals surface area contributed by atoms with E-state index in [1.807, 2.05) is 31.2 Å². The predicted octanol–water partition coefficient (Wildman–Crippen LogP) is 3.95. The van der Waals surface area contributed by atoms with E-state index in [-0.39, 0.29) is 19.2 Å². The van der Waals surface area contributed by atoms with Crippen LogP contribution in [0.3, 0.4) is 0 Å². The van der Waals surface area contributed by atoms with Gasteiger partial charge in [-0.2, -0.15) is 0 Å². The molecule has 1 aromatic carbocycles. The van der Waals surface area contributed by atoms with Gasteiger partial charge in [0.15, 0.2) is 0 Å². The van der Waals surface area contributed by atoms with E-state index in [4.69, 9.17) is 4.74 Å². The molecule has 0 aliphatic carbocycles. The maximum Gasteiger partial charge on any atom is 0.314 e. The molecular formula is C18H26O3. The van der Waals surface area contributed by atoms with Crippen molar-refractivity contribution in [3.8, 4) is 0 Å². The van der Waals surface area contributed by atoms with E-state index >= 15 is 0 Å². The van der Waals surface area contributed by atoms with Gasteiger partial charge < -0.3 is 9.84 Å². The first-order valence-corrected chi connectivity index (χ1v) is 7.61. The molecule has 3 heteroatoms. The van der Waals surface area contributed by atoms with Gasteiger partial charge in [-0.05, 0) is 24.0 Å². The van der Waals surface area contributed by atoms with Gasteiger partial charge in [0, 0.05) is 0 Å². The molecule has 1 N–H and O–H groups in total. The summed E-state index contributed by atoms with van der Waals surface area (Å²) in [5, 5.41) is 9.63. The molecule has 0 radical (unpaired) electrons. The minimum atomic E-state index is -0.753. The Morgan fingerprint density at radius 2 is 2.00 bits per heavy atom. The van der Waals surface area contributed by atoms with Crippen molar-refractivity contribution in [2.24, 2.45) is 5.41 Å². The summed E-state index contributed by atoms with van der Waals surface area (Å²) in [6.07, 6.45) is 4.95. The Balaban J connectivity index is 2.65. The lowest BCUT2D eigenvalue weighted by molar-refractivity contribution is -0.161. The number of esters is 1. The Morgan fingerprint density at radius 1 is 1.33 bits per heavy atom. The highest BCUT2D eigenvalue weighted by atomic mass is 16.5. The molecule has 1 unspecified atom stereocenters. The van der Waals surface area contributed by atoms with Crippen molar-refractivity contribution in [3.05, 3.63) is 42.0 Å². The number of unbranched alkanes of at least 4 members (excludes halogenated alkanes) is 1. The fourth-order valence-electron chi connectivity index (χ4n) is 2.25. The summed E-state index contributed by atoms with van der Waals surface area (Å²) in [5.74, 6) is -0.297. The van der Waals surface area contributed by atoms with Crippen molar-refractivity contribution >= 4 is 12.0 Å². The van der Waals surface area contributed by atoms with Crippen molar-refractivity contribution in [1.82, 2.24) is 0 Å². The number of rotatable bonds is 9. The zero-order chi connectivity index (χ0) is 15.7. The number of aliphatic hydroxyl groups is 1. The lowest BCUT2D eigenvalue weighted by Gasteiger charge is -2.28. The molecule has 116 valence electrons. The Bertz CT molecular complexity index is 444. The second-order valence-electron chi connectivity index (χ2n) is 5.42. The molecule has 0 saturated heterocycles. The van der Waals surface area contributed by atoms with E-state index < -0.39 is 5.41 Å². The summed E-state index contributed by atoms with van der Waals surface area (Å²) in [7, 11) is 0. The maximum absolute atomic E-state index is 12.3. The number of aliphatic hydroxyl groups excluding tert-OH is 1. The molecule has 0 bridgehead atoms. The molecule has 3 nitrogen and oxygen atoms in total. The topological polar surface area (TPSA) is 46.5 Å². The Morgan fingerprint density at radius 3 is 2.48 bits per heavy atom. The van der Waals surface area contributed by atoms with Crippen molar-refractivity contribution in [3.63, 3.8) is 0 Å². The average Bonchev–Trinajstić information content (AvgIpc) is 2.54. The third kappa shape index (κ3) is 4.71. The van der Waals surface area contributed by atoms with Crippen molar-refractivity contribution < 1.29 is 14.6 Å². The largest absolute Gasteiger partial charge is 0.460 e. The number of carbonyl (C=O) groups is 1. The van der Waals surface area contributed by atoms with Crippen LogP contribution in [-0.4, -0.2) is 17.7 Å². The van der Waals surface area contributed by atoms with Crippen LogP contribution in [0.25, 0.3) is 6.08 Å². The first-order chi connectivity index (χ1) is 10.1. The summed E-state index contributed by atoms with van der Waals surface area (Å²) in [6.45, 7) is 7.79. The summed E-state index contributed by atoms with van der Waals surface area (Å²) in [5.41, 5.74) is 1.22. The van der Waals surface area contributed by atoms with Gasteiger partial charge in [-0.15, -0.1) is 0 Å². The molecule has 0 heterocycles. The molecule has 1 aromatic rings. The second kappa shape index (κ2) is 8.63. The van der Waals surface area contributed by atoms with E-state index in [1.54, 1.807) is 6.08 Å². The van der Waals surface area contributed by atoms with Crippen LogP contribution in [0.5, 0.6) is 0 Å². The zero-order valence-corrected chi connectivity index (χ0v) is 13.1. The van der Waals surface area contributed by atoms with Crippen LogP contribution in [0.1, 0.15) is 50.7 Å². The molecule has 0 fully saturated rings. The van der Waals surface area contributed by atoms with Crippen molar-refractivity contribution in [1.29, 1.82) is 0 Å². The van der Waals surface area contributed by atoms with Gasteiger partial charge in [0.2, 0.25) is 0 Å². The number of hydrogen-bond acceptors (Lipinski definition) is 3. The smallest absolute Gasteiger partial charge is 0.314 e. The van der Waals surface area contributed by atoms with E-state index in [0.717, 1.165) is 24.0 Å². The lowest BCUT2D eigenvalue weighted by Crippen LogP contribution is -2.36. The van der Waals surface area contributed by atoms with Crippen molar-refractivity contribution in [2.45, 2.75) is 46.1 Å². The minimum Gasteiger partial charge on any atom is -0.460 e. The van der Waals surface area contributed by atoms with Gasteiger partial charge in [-0.1, -0.05) is 63.6 Å². The van der Waals surface area contributed by atoms with Crippen LogP contribution in [0.4, 0.5) is 0 Å².